The van der Waals surface area contributed by atoms with Crippen molar-refractivity contribution in [3.8, 4) is 0 Å². The lowest BCUT2D eigenvalue weighted by Crippen LogP contribution is -2.30. The summed E-state index contributed by atoms with van der Waals surface area (Å²) >= 11 is 0. The molecule has 0 aromatic heterocycles. The second kappa shape index (κ2) is 2.72. The topological polar surface area (TPSA) is 40.5 Å². The van der Waals surface area contributed by atoms with Crippen molar-refractivity contribution in [3.63, 3.8) is 0 Å². The molecule has 0 spiro atoms. The minimum absolute atomic E-state index is 0.412. The molecule has 0 aromatic rings. The molecule has 0 amide bonds. The fraction of sp³-hybridized carbons (Fsp3) is 0.750. The smallest absolute Gasteiger partial charge is 0.0774 e. The zero-order valence-corrected chi connectivity index (χ0v) is 6.25. The van der Waals surface area contributed by atoms with Crippen molar-refractivity contribution in [2.45, 2.75) is 32.0 Å². The number of hydrogen-bond donors (Lipinski definition) is 2. The first kappa shape index (κ1) is 7.76. The van der Waals surface area contributed by atoms with Crippen LogP contribution in [0.25, 0.3) is 0 Å². The van der Waals surface area contributed by atoms with Crippen molar-refractivity contribution < 1.29 is 10.2 Å². The molecule has 0 aromatic carbocycles. The summed E-state index contributed by atoms with van der Waals surface area (Å²) in [5.74, 6) is 0.412. The van der Waals surface area contributed by atoms with Crippen LogP contribution in [0.5, 0.6) is 0 Å². The van der Waals surface area contributed by atoms with E-state index in [1.165, 1.54) is 0 Å². The van der Waals surface area contributed by atoms with Crippen LogP contribution in [0.15, 0.2) is 12.2 Å². The number of hydrogen-bond acceptors (Lipinski definition) is 2. The summed E-state index contributed by atoms with van der Waals surface area (Å²) in [7, 11) is 0. The fourth-order valence-corrected chi connectivity index (χ4v) is 1.38. The normalized spacial score (nSPS) is 41.9. The Labute approximate surface area is 61.2 Å². The van der Waals surface area contributed by atoms with E-state index in [-0.39, 0.29) is 0 Å². The first-order valence-corrected chi connectivity index (χ1v) is 3.66. The summed E-state index contributed by atoms with van der Waals surface area (Å²) < 4.78 is 0. The molecular formula is C8H14O2. The summed E-state index contributed by atoms with van der Waals surface area (Å²) in [6, 6.07) is 0. The van der Waals surface area contributed by atoms with Gasteiger partial charge in [-0.25, -0.2) is 0 Å². The van der Waals surface area contributed by atoms with Crippen molar-refractivity contribution in [1.29, 1.82) is 0 Å². The van der Waals surface area contributed by atoms with E-state index >= 15 is 0 Å². The summed E-state index contributed by atoms with van der Waals surface area (Å²) in [4.78, 5) is 0. The Kier molecular flexibility index (Phi) is 2.11. The molecule has 10 heavy (non-hydrogen) atoms. The van der Waals surface area contributed by atoms with E-state index in [9.17, 15) is 10.2 Å². The van der Waals surface area contributed by atoms with Crippen LogP contribution in [-0.4, -0.2) is 22.4 Å². The summed E-state index contributed by atoms with van der Waals surface area (Å²) in [5.41, 5.74) is 0.582. The van der Waals surface area contributed by atoms with Gasteiger partial charge in [0, 0.05) is 0 Å². The van der Waals surface area contributed by atoms with Gasteiger partial charge in [-0.3, -0.25) is 0 Å². The Hall–Kier alpha value is -0.340. The Morgan fingerprint density at radius 2 is 1.70 bits per heavy atom. The summed E-state index contributed by atoms with van der Waals surface area (Å²) in [6.45, 7) is 5.64. The van der Waals surface area contributed by atoms with Crippen LogP contribution < -0.4 is 0 Å². The Bertz CT molecular complexity index is 128. The van der Waals surface area contributed by atoms with Gasteiger partial charge in [0.1, 0.15) is 0 Å². The predicted molar refractivity (Wildman–Crippen MR) is 39.6 cm³/mol. The van der Waals surface area contributed by atoms with Crippen molar-refractivity contribution in [2.75, 3.05) is 0 Å². The third-order valence-electron chi connectivity index (χ3n) is 2.11. The van der Waals surface area contributed by atoms with Crippen LogP contribution in [0, 0.1) is 5.92 Å². The standard InChI is InChI=1S/C8H14O2/c1-5-3-7(9)6(2)8(10)4-5/h5,7-10H,2-4H2,1H3/t7-,8-/m1/s1. The van der Waals surface area contributed by atoms with Gasteiger partial charge < -0.3 is 10.2 Å². The van der Waals surface area contributed by atoms with Gasteiger partial charge in [-0.2, -0.15) is 0 Å². The molecule has 1 aliphatic rings. The molecule has 1 rings (SSSR count). The molecule has 2 nitrogen and oxygen atoms in total. The van der Waals surface area contributed by atoms with Gasteiger partial charge in [0.15, 0.2) is 0 Å². The average molecular weight is 142 g/mol. The van der Waals surface area contributed by atoms with Gasteiger partial charge in [-0.05, 0) is 24.3 Å². The molecule has 0 radical (unpaired) electrons. The molecule has 1 saturated carbocycles. The van der Waals surface area contributed by atoms with E-state index in [1.54, 1.807) is 0 Å². The highest BCUT2D eigenvalue weighted by Crippen LogP contribution is 2.27. The Balaban J connectivity index is 2.57. The van der Waals surface area contributed by atoms with Crippen LogP contribution in [0.3, 0.4) is 0 Å². The summed E-state index contributed by atoms with van der Waals surface area (Å²) in [6.07, 6.45) is 0.517. The van der Waals surface area contributed by atoms with Gasteiger partial charge >= 0.3 is 0 Å². The van der Waals surface area contributed by atoms with Crippen LogP contribution in [0.1, 0.15) is 19.8 Å². The van der Waals surface area contributed by atoms with Gasteiger partial charge in [-0.15, -0.1) is 0 Å². The molecule has 2 atom stereocenters. The van der Waals surface area contributed by atoms with Gasteiger partial charge in [0.25, 0.3) is 0 Å². The summed E-state index contributed by atoms with van der Waals surface area (Å²) in [5, 5.41) is 18.5. The number of aliphatic hydroxyl groups excluding tert-OH is 2. The predicted octanol–water partition coefficient (Wildman–Crippen LogP) is 0.694. The molecule has 2 heteroatoms. The first-order valence-electron chi connectivity index (χ1n) is 3.66. The van der Waals surface area contributed by atoms with Crippen LogP contribution in [0.4, 0.5) is 0 Å². The highest BCUT2D eigenvalue weighted by molar-refractivity contribution is 5.11. The molecule has 0 aliphatic heterocycles. The quantitative estimate of drug-likeness (QED) is 0.489. The van der Waals surface area contributed by atoms with E-state index in [0.717, 1.165) is 12.8 Å². The van der Waals surface area contributed by atoms with E-state index in [0.29, 0.717) is 11.5 Å². The minimum Gasteiger partial charge on any atom is -0.389 e. The zero-order chi connectivity index (χ0) is 7.72. The molecule has 0 heterocycles. The zero-order valence-electron chi connectivity index (χ0n) is 6.25. The lowest BCUT2D eigenvalue weighted by Gasteiger charge is -2.29. The van der Waals surface area contributed by atoms with Crippen molar-refractivity contribution in [1.82, 2.24) is 0 Å². The van der Waals surface area contributed by atoms with Crippen molar-refractivity contribution >= 4 is 0 Å². The second-order valence-electron chi connectivity index (χ2n) is 3.18. The lowest BCUT2D eigenvalue weighted by atomic mass is 9.84. The monoisotopic (exact) mass is 142 g/mol. The number of rotatable bonds is 0. The van der Waals surface area contributed by atoms with E-state index in [1.807, 2.05) is 6.92 Å². The lowest BCUT2D eigenvalue weighted by molar-refractivity contribution is 0.0761. The molecule has 1 fully saturated rings. The third-order valence-corrected chi connectivity index (χ3v) is 2.11. The molecular weight excluding hydrogens is 128 g/mol. The van der Waals surface area contributed by atoms with Gasteiger partial charge in [0.05, 0.1) is 12.2 Å². The van der Waals surface area contributed by atoms with Gasteiger partial charge in [-0.1, -0.05) is 13.5 Å². The maximum absolute atomic E-state index is 9.26. The number of aliphatic hydroxyl groups is 2. The average Bonchev–Trinajstić information content (AvgIpc) is 1.82. The largest absolute Gasteiger partial charge is 0.389 e. The molecule has 0 saturated heterocycles. The molecule has 2 N–H and O–H groups in total. The Morgan fingerprint density at radius 1 is 1.30 bits per heavy atom. The molecule has 1 aliphatic carbocycles. The molecule has 0 unspecified atom stereocenters. The maximum atomic E-state index is 9.26. The molecule has 58 valence electrons. The fourth-order valence-electron chi connectivity index (χ4n) is 1.38. The first-order chi connectivity index (χ1) is 4.61. The highest BCUT2D eigenvalue weighted by Gasteiger charge is 2.26. The van der Waals surface area contributed by atoms with Crippen molar-refractivity contribution in [2.24, 2.45) is 5.92 Å². The van der Waals surface area contributed by atoms with Gasteiger partial charge in [0.2, 0.25) is 0 Å². The Morgan fingerprint density at radius 3 is 2.10 bits per heavy atom. The second-order valence-corrected chi connectivity index (χ2v) is 3.18. The maximum Gasteiger partial charge on any atom is 0.0774 e. The van der Waals surface area contributed by atoms with Crippen molar-refractivity contribution in [3.05, 3.63) is 12.2 Å². The van der Waals surface area contributed by atoms with E-state index in [4.69, 9.17) is 0 Å². The van der Waals surface area contributed by atoms with Crippen LogP contribution >= 0.6 is 0 Å². The van der Waals surface area contributed by atoms with E-state index < -0.39 is 12.2 Å². The minimum atomic E-state index is -0.487. The van der Waals surface area contributed by atoms with Crippen LogP contribution in [0.2, 0.25) is 0 Å². The SMILES string of the molecule is C=C1[C@H](O)CC(C)C[C@H]1O. The molecule has 0 bridgehead atoms. The van der Waals surface area contributed by atoms with E-state index in [2.05, 4.69) is 6.58 Å². The van der Waals surface area contributed by atoms with Crippen LogP contribution in [-0.2, 0) is 0 Å². The third kappa shape index (κ3) is 1.39. The highest BCUT2D eigenvalue weighted by atomic mass is 16.3.